The van der Waals surface area contributed by atoms with Crippen molar-refractivity contribution in [2.24, 2.45) is 0 Å². The summed E-state index contributed by atoms with van der Waals surface area (Å²) >= 11 is 0. The third kappa shape index (κ3) is 3.25. The van der Waals surface area contributed by atoms with E-state index >= 15 is 0 Å². The van der Waals surface area contributed by atoms with E-state index in [1.165, 1.54) is 0 Å². The Balaban J connectivity index is 2.17. The third-order valence-corrected chi connectivity index (χ3v) is 3.99. The highest BCUT2D eigenvalue weighted by molar-refractivity contribution is 5.80. The second-order valence-electron chi connectivity index (χ2n) is 5.75. The largest absolute Gasteiger partial charge is 0.494 e. The molecular weight excluding hydrogens is 330 g/mol. The van der Waals surface area contributed by atoms with Crippen molar-refractivity contribution in [2.75, 3.05) is 12.3 Å². The van der Waals surface area contributed by atoms with Gasteiger partial charge in [0.2, 0.25) is 0 Å². The van der Waals surface area contributed by atoms with Crippen LogP contribution >= 0.6 is 0 Å². The second kappa shape index (κ2) is 7.30. The van der Waals surface area contributed by atoms with Crippen molar-refractivity contribution in [2.45, 2.75) is 20.5 Å². The average molecular weight is 349 g/mol. The fourth-order valence-corrected chi connectivity index (χ4v) is 2.78. The molecule has 0 spiro atoms. The zero-order chi connectivity index (χ0) is 18.7. The molecule has 0 atom stereocenters. The maximum absolute atomic E-state index is 9.64. The van der Waals surface area contributed by atoms with Crippen molar-refractivity contribution in [3.63, 3.8) is 0 Å². The highest BCUT2D eigenvalue weighted by atomic mass is 16.5. The average Bonchev–Trinajstić information content (AvgIpc) is 3.08. The van der Waals surface area contributed by atoms with Gasteiger partial charge in [-0.05, 0) is 49.7 Å². The number of hydrogen-bond donors (Lipinski definition) is 2. The van der Waals surface area contributed by atoms with Gasteiger partial charge >= 0.3 is 0 Å². The number of aryl methyl sites for hydroxylation is 1. The van der Waals surface area contributed by atoms with Crippen LogP contribution in [0.5, 0.6) is 5.75 Å². The van der Waals surface area contributed by atoms with Crippen LogP contribution in [0.1, 0.15) is 23.8 Å². The number of aliphatic hydroxyl groups excluding tert-OH is 1. The molecule has 3 aromatic rings. The van der Waals surface area contributed by atoms with Crippen molar-refractivity contribution in [1.82, 2.24) is 4.98 Å². The fourth-order valence-electron chi connectivity index (χ4n) is 2.78. The van der Waals surface area contributed by atoms with Crippen molar-refractivity contribution >= 4 is 5.82 Å². The van der Waals surface area contributed by atoms with Gasteiger partial charge < -0.3 is 20.0 Å². The quantitative estimate of drug-likeness (QED) is 0.728. The fraction of sp³-hybridized carbons (Fsp3) is 0.200. The van der Waals surface area contributed by atoms with Gasteiger partial charge in [0.15, 0.2) is 5.76 Å². The predicted molar refractivity (Wildman–Crippen MR) is 98.3 cm³/mol. The van der Waals surface area contributed by atoms with E-state index in [0.717, 1.165) is 11.3 Å². The first-order chi connectivity index (χ1) is 12.6. The lowest BCUT2D eigenvalue weighted by Crippen LogP contribution is -2.01. The number of nitrogen functional groups attached to an aromatic ring is 1. The molecule has 0 aliphatic heterocycles. The molecule has 1 aromatic carbocycles. The molecule has 0 saturated carbocycles. The molecule has 0 radical (unpaired) electrons. The second-order valence-corrected chi connectivity index (χ2v) is 5.75. The molecule has 0 amide bonds. The van der Waals surface area contributed by atoms with E-state index in [1.54, 1.807) is 18.2 Å². The minimum Gasteiger partial charge on any atom is -0.494 e. The summed E-state index contributed by atoms with van der Waals surface area (Å²) in [7, 11) is 0. The normalized spacial score (nSPS) is 10.5. The van der Waals surface area contributed by atoms with Crippen molar-refractivity contribution in [3.8, 4) is 34.4 Å². The van der Waals surface area contributed by atoms with Crippen LogP contribution in [0, 0.1) is 18.3 Å². The number of benzene rings is 1. The summed E-state index contributed by atoms with van der Waals surface area (Å²) in [4.78, 5) is 4.29. The van der Waals surface area contributed by atoms with Gasteiger partial charge in [0.1, 0.15) is 34.7 Å². The van der Waals surface area contributed by atoms with Crippen molar-refractivity contribution < 1.29 is 14.3 Å². The molecule has 3 rings (SSSR count). The van der Waals surface area contributed by atoms with Crippen LogP contribution in [-0.4, -0.2) is 16.7 Å². The van der Waals surface area contributed by atoms with Crippen LogP contribution in [0.2, 0.25) is 0 Å². The van der Waals surface area contributed by atoms with Gasteiger partial charge in [0.05, 0.1) is 13.2 Å². The monoisotopic (exact) mass is 349 g/mol. The molecule has 2 aromatic heterocycles. The zero-order valence-corrected chi connectivity index (χ0v) is 14.6. The Morgan fingerprint density at radius 1 is 1.27 bits per heavy atom. The van der Waals surface area contributed by atoms with Crippen molar-refractivity contribution in [3.05, 3.63) is 53.3 Å². The highest BCUT2D eigenvalue weighted by Crippen LogP contribution is 2.34. The third-order valence-electron chi connectivity index (χ3n) is 3.99. The number of aromatic nitrogens is 1. The van der Waals surface area contributed by atoms with Crippen LogP contribution < -0.4 is 10.5 Å². The molecule has 0 saturated heterocycles. The first kappa shape index (κ1) is 17.5. The number of pyridine rings is 1. The van der Waals surface area contributed by atoms with Crippen LogP contribution in [0.3, 0.4) is 0 Å². The molecule has 2 heterocycles. The lowest BCUT2D eigenvalue weighted by atomic mass is 9.98. The number of nitrogens with two attached hydrogens (primary N) is 1. The molecule has 0 unspecified atom stereocenters. The van der Waals surface area contributed by atoms with E-state index < -0.39 is 0 Å². The molecule has 6 heteroatoms. The topological polar surface area (TPSA) is 105 Å². The van der Waals surface area contributed by atoms with Crippen molar-refractivity contribution in [1.29, 1.82) is 5.26 Å². The number of anilines is 1. The van der Waals surface area contributed by atoms with Crippen LogP contribution in [-0.2, 0) is 6.61 Å². The first-order valence-corrected chi connectivity index (χ1v) is 8.21. The molecular formula is C20H19N3O3. The SMILES string of the molecule is CCOc1ccc(-c2cc(-c3ccc(C)o3)nc(N)c2C#N)cc1CO. The molecule has 0 aliphatic carbocycles. The molecule has 0 bridgehead atoms. The number of aliphatic hydroxyl groups is 1. The van der Waals surface area contributed by atoms with Gasteiger partial charge in [0.25, 0.3) is 0 Å². The molecule has 6 nitrogen and oxygen atoms in total. The maximum atomic E-state index is 9.64. The van der Waals surface area contributed by atoms with Crippen LogP contribution in [0.25, 0.3) is 22.6 Å². The minimum atomic E-state index is -0.171. The van der Waals surface area contributed by atoms with E-state index in [-0.39, 0.29) is 18.0 Å². The maximum Gasteiger partial charge on any atom is 0.152 e. The first-order valence-electron chi connectivity index (χ1n) is 8.21. The summed E-state index contributed by atoms with van der Waals surface area (Å²) < 4.78 is 11.1. The lowest BCUT2D eigenvalue weighted by molar-refractivity contribution is 0.267. The number of hydrogen-bond acceptors (Lipinski definition) is 6. The Morgan fingerprint density at radius 2 is 2.08 bits per heavy atom. The standard InChI is InChI=1S/C20H19N3O3/c1-3-25-18-7-5-13(8-14(18)11-24)15-9-17(19-6-4-12(2)26-19)23-20(22)16(15)10-21/h4-9,24H,3,11H2,1-2H3,(H2,22,23). The zero-order valence-electron chi connectivity index (χ0n) is 14.6. The molecule has 26 heavy (non-hydrogen) atoms. The van der Waals surface area contributed by atoms with Gasteiger partial charge in [-0.15, -0.1) is 0 Å². The predicted octanol–water partition coefficient (Wildman–Crippen LogP) is 3.66. The summed E-state index contributed by atoms with van der Waals surface area (Å²) in [6.45, 7) is 4.05. The number of nitrogens with zero attached hydrogens (tertiary/aromatic N) is 2. The van der Waals surface area contributed by atoms with Crippen LogP contribution in [0.15, 0.2) is 40.8 Å². The molecule has 3 N–H and O–H groups in total. The number of rotatable bonds is 5. The summed E-state index contributed by atoms with van der Waals surface area (Å²) in [6, 6.07) is 12.9. The molecule has 132 valence electrons. The van der Waals surface area contributed by atoms with E-state index in [1.807, 2.05) is 32.0 Å². The Morgan fingerprint density at radius 3 is 2.69 bits per heavy atom. The van der Waals surface area contributed by atoms with E-state index in [0.29, 0.717) is 34.9 Å². The van der Waals surface area contributed by atoms with E-state index in [4.69, 9.17) is 14.9 Å². The van der Waals surface area contributed by atoms with Gasteiger partial charge in [0, 0.05) is 11.1 Å². The Bertz CT molecular complexity index is 986. The van der Waals surface area contributed by atoms with Gasteiger partial charge in [-0.1, -0.05) is 6.07 Å². The Labute approximate surface area is 151 Å². The van der Waals surface area contributed by atoms with Gasteiger partial charge in [-0.25, -0.2) is 4.98 Å². The number of nitriles is 1. The van der Waals surface area contributed by atoms with Gasteiger partial charge in [-0.2, -0.15) is 5.26 Å². The van der Waals surface area contributed by atoms with Crippen LogP contribution in [0.4, 0.5) is 5.82 Å². The Hall–Kier alpha value is -3.30. The number of furan rings is 1. The smallest absolute Gasteiger partial charge is 0.152 e. The summed E-state index contributed by atoms with van der Waals surface area (Å²) in [5.41, 5.74) is 8.85. The van der Waals surface area contributed by atoms with E-state index in [2.05, 4.69) is 11.1 Å². The number of ether oxygens (including phenoxy) is 1. The highest BCUT2D eigenvalue weighted by Gasteiger charge is 2.16. The summed E-state index contributed by atoms with van der Waals surface area (Å²) in [5.74, 6) is 2.08. The molecule has 0 aliphatic rings. The minimum absolute atomic E-state index is 0.133. The summed E-state index contributed by atoms with van der Waals surface area (Å²) in [5, 5.41) is 19.2. The summed E-state index contributed by atoms with van der Waals surface area (Å²) in [6.07, 6.45) is 0. The lowest BCUT2D eigenvalue weighted by Gasteiger charge is -2.13. The van der Waals surface area contributed by atoms with E-state index in [9.17, 15) is 10.4 Å². The molecule has 0 fully saturated rings. The Kier molecular flexibility index (Phi) is 4.92. The van der Waals surface area contributed by atoms with Gasteiger partial charge in [-0.3, -0.25) is 0 Å².